The number of nitrogens with zero attached hydrogens (tertiary/aromatic N) is 4. The summed E-state index contributed by atoms with van der Waals surface area (Å²) in [6.07, 6.45) is 7.43. The van der Waals surface area contributed by atoms with Crippen LogP contribution in [-0.4, -0.2) is 27.6 Å². The minimum absolute atomic E-state index is 0.116. The Morgan fingerprint density at radius 3 is 2.59 bits per heavy atom. The van der Waals surface area contributed by atoms with Crippen LogP contribution in [0.25, 0.3) is 11.5 Å². The van der Waals surface area contributed by atoms with Crippen molar-refractivity contribution in [2.75, 3.05) is 6.54 Å². The summed E-state index contributed by atoms with van der Waals surface area (Å²) >= 11 is 0. The van der Waals surface area contributed by atoms with E-state index in [1.807, 2.05) is 12.1 Å². The highest BCUT2D eigenvalue weighted by Crippen LogP contribution is 2.38. The van der Waals surface area contributed by atoms with Crippen LogP contribution in [0.1, 0.15) is 49.0 Å². The van der Waals surface area contributed by atoms with Crippen molar-refractivity contribution in [1.29, 1.82) is 5.26 Å². The molecule has 7 nitrogen and oxygen atoms in total. The van der Waals surface area contributed by atoms with Crippen LogP contribution in [0.15, 0.2) is 64.9 Å². The standard InChI is InChI=1S/C27H29N5O2/c1-17(2)24-13-22(14-25-31-32-27(34-25)21-8-10-29-11-9-21)18(3)12-23(24)16-30-26(33)20-6-4-19(15-28)5-7-20/h4-12,17,22-24H,13-14,16H2,1-3H3,(H,30,33)/t22-,23-,24-/m0/s1. The Kier molecular flexibility index (Phi) is 7.17. The highest BCUT2D eigenvalue weighted by Gasteiger charge is 2.32. The third-order valence-corrected chi connectivity index (χ3v) is 6.67. The Bertz CT molecular complexity index is 1190. The molecule has 0 aliphatic heterocycles. The molecular formula is C27H29N5O2. The van der Waals surface area contributed by atoms with E-state index in [0.29, 0.717) is 53.6 Å². The Morgan fingerprint density at radius 2 is 1.91 bits per heavy atom. The van der Waals surface area contributed by atoms with Crippen molar-refractivity contribution in [2.45, 2.75) is 33.6 Å². The van der Waals surface area contributed by atoms with E-state index in [9.17, 15) is 4.79 Å². The third kappa shape index (κ3) is 5.40. The van der Waals surface area contributed by atoms with Crippen molar-refractivity contribution in [3.63, 3.8) is 0 Å². The van der Waals surface area contributed by atoms with Crippen LogP contribution >= 0.6 is 0 Å². The summed E-state index contributed by atoms with van der Waals surface area (Å²) in [7, 11) is 0. The number of nitriles is 1. The number of hydrogen-bond acceptors (Lipinski definition) is 6. The second-order valence-electron chi connectivity index (χ2n) is 9.26. The van der Waals surface area contributed by atoms with Gasteiger partial charge in [0, 0.05) is 36.5 Å². The highest BCUT2D eigenvalue weighted by atomic mass is 16.4. The van der Waals surface area contributed by atoms with Gasteiger partial charge in [-0.05, 0) is 73.4 Å². The number of carbonyl (C=O) groups is 1. The molecule has 0 unspecified atom stereocenters. The molecule has 0 spiro atoms. The van der Waals surface area contributed by atoms with Crippen LogP contribution in [0.5, 0.6) is 0 Å². The normalized spacial score (nSPS) is 20.0. The second-order valence-corrected chi connectivity index (χ2v) is 9.26. The Hall–Kier alpha value is -3.79. The molecule has 1 aliphatic carbocycles. The maximum absolute atomic E-state index is 12.6. The molecule has 3 atom stereocenters. The van der Waals surface area contributed by atoms with Crippen LogP contribution in [0.2, 0.25) is 0 Å². The molecule has 1 amide bonds. The maximum Gasteiger partial charge on any atom is 0.251 e. The summed E-state index contributed by atoms with van der Waals surface area (Å²) in [4.78, 5) is 16.7. The van der Waals surface area contributed by atoms with E-state index in [0.717, 1.165) is 12.0 Å². The molecule has 1 aliphatic rings. The number of amides is 1. The number of hydrogen-bond donors (Lipinski definition) is 1. The molecule has 174 valence electrons. The zero-order valence-corrected chi connectivity index (χ0v) is 19.7. The van der Waals surface area contributed by atoms with Crippen molar-refractivity contribution >= 4 is 5.91 Å². The van der Waals surface area contributed by atoms with E-state index in [-0.39, 0.29) is 11.8 Å². The first-order valence-electron chi connectivity index (χ1n) is 11.6. The van der Waals surface area contributed by atoms with E-state index in [2.05, 4.69) is 53.4 Å². The number of pyridine rings is 1. The third-order valence-electron chi connectivity index (χ3n) is 6.67. The molecule has 2 heterocycles. The molecule has 2 aromatic heterocycles. The lowest BCUT2D eigenvalue weighted by Crippen LogP contribution is -2.37. The zero-order chi connectivity index (χ0) is 24.1. The van der Waals surface area contributed by atoms with Gasteiger partial charge in [-0.3, -0.25) is 9.78 Å². The second kappa shape index (κ2) is 10.4. The van der Waals surface area contributed by atoms with Gasteiger partial charge >= 0.3 is 0 Å². The minimum Gasteiger partial charge on any atom is -0.421 e. The van der Waals surface area contributed by atoms with E-state index < -0.39 is 0 Å². The number of rotatable bonds is 7. The van der Waals surface area contributed by atoms with Crippen molar-refractivity contribution in [1.82, 2.24) is 20.5 Å². The summed E-state index contributed by atoms with van der Waals surface area (Å²) in [6.45, 7) is 7.20. The van der Waals surface area contributed by atoms with E-state index in [1.54, 1.807) is 36.7 Å². The molecule has 1 N–H and O–H groups in total. The average molecular weight is 456 g/mol. The highest BCUT2D eigenvalue weighted by molar-refractivity contribution is 5.94. The van der Waals surface area contributed by atoms with Crippen LogP contribution in [0.3, 0.4) is 0 Å². The van der Waals surface area contributed by atoms with Crippen LogP contribution in [0.4, 0.5) is 0 Å². The summed E-state index contributed by atoms with van der Waals surface area (Å²) in [5.41, 5.74) is 3.26. The predicted molar refractivity (Wildman–Crippen MR) is 128 cm³/mol. The van der Waals surface area contributed by atoms with Gasteiger partial charge in [0.05, 0.1) is 11.6 Å². The first-order valence-corrected chi connectivity index (χ1v) is 11.6. The van der Waals surface area contributed by atoms with Gasteiger partial charge in [-0.2, -0.15) is 5.26 Å². The first kappa shape index (κ1) is 23.4. The first-order chi connectivity index (χ1) is 16.4. The van der Waals surface area contributed by atoms with E-state index in [4.69, 9.17) is 9.68 Å². The fourth-order valence-corrected chi connectivity index (χ4v) is 4.67. The number of allylic oxidation sites excluding steroid dienone is 1. The van der Waals surface area contributed by atoms with Gasteiger partial charge in [-0.1, -0.05) is 25.5 Å². The fraction of sp³-hybridized carbons (Fsp3) is 0.370. The number of aromatic nitrogens is 3. The average Bonchev–Trinajstić information content (AvgIpc) is 3.33. The molecule has 34 heavy (non-hydrogen) atoms. The van der Waals surface area contributed by atoms with Gasteiger partial charge in [0.1, 0.15) is 0 Å². The molecule has 1 aromatic carbocycles. The fourth-order valence-electron chi connectivity index (χ4n) is 4.67. The molecule has 0 bridgehead atoms. The van der Waals surface area contributed by atoms with Crippen molar-refractivity contribution in [3.05, 3.63) is 77.5 Å². The SMILES string of the molecule is CC1=C[C@@H](CNC(=O)c2ccc(C#N)cc2)[C@H](C(C)C)C[C@H]1Cc1nnc(-c2ccncc2)o1. The molecule has 0 fully saturated rings. The topological polar surface area (TPSA) is 105 Å². The Labute approximate surface area is 199 Å². The van der Waals surface area contributed by atoms with Crippen molar-refractivity contribution in [2.24, 2.45) is 23.7 Å². The van der Waals surface area contributed by atoms with Crippen molar-refractivity contribution in [3.8, 4) is 17.5 Å². The van der Waals surface area contributed by atoms with Gasteiger partial charge < -0.3 is 9.73 Å². The molecule has 0 radical (unpaired) electrons. The van der Waals surface area contributed by atoms with Crippen molar-refractivity contribution < 1.29 is 9.21 Å². The number of benzene rings is 1. The summed E-state index contributed by atoms with van der Waals surface area (Å²) in [5, 5.41) is 20.5. The molecule has 4 rings (SSSR count). The zero-order valence-electron chi connectivity index (χ0n) is 19.7. The smallest absolute Gasteiger partial charge is 0.251 e. The number of carbonyl (C=O) groups excluding carboxylic acids is 1. The van der Waals surface area contributed by atoms with Gasteiger partial charge in [0.15, 0.2) is 0 Å². The Balaban J connectivity index is 1.42. The summed E-state index contributed by atoms with van der Waals surface area (Å²) < 4.78 is 5.93. The molecule has 0 saturated heterocycles. The predicted octanol–water partition coefficient (Wildman–Crippen LogP) is 4.83. The molecule has 7 heteroatoms. The van der Waals surface area contributed by atoms with Gasteiger partial charge in [-0.15, -0.1) is 10.2 Å². The largest absolute Gasteiger partial charge is 0.421 e. The monoisotopic (exact) mass is 455 g/mol. The van der Waals surface area contributed by atoms with Gasteiger partial charge in [0.2, 0.25) is 11.8 Å². The molecule has 3 aromatic rings. The van der Waals surface area contributed by atoms with Gasteiger partial charge in [-0.25, -0.2) is 0 Å². The lowest BCUT2D eigenvalue weighted by molar-refractivity contribution is 0.0939. The minimum atomic E-state index is -0.116. The molecular weight excluding hydrogens is 426 g/mol. The summed E-state index contributed by atoms with van der Waals surface area (Å²) in [6, 6.07) is 12.5. The van der Waals surface area contributed by atoms with Crippen LogP contribution < -0.4 is 5.32 Å². The number of nitrogens with one attached hydrogen (secondary N) is 1. The van der Waals surface area contributed by atoms with E-state index in [1.165, 1.54) is 5.57 Å². The molecule has 0 saturated carbocycles. The quantitative estimate of drug-likeness (QED) is 0.512. The van der Waals surface area contributed by atoms with Crippen LogP contribution in [0, 0.1) is 35.0 Å². The van der Waals surface area contributed by atoms with Crippen LogP contribution in [-0.2, 0) is 6.42 Å². The van der Waals surface area contributed by atoms with Gasteiger partial charge in [0.25, 0.3) is 5.91 Å². The van der Waals surface area contributed by atoms with E-state index >= 15 is 0 Å². The Morgan fingerprint density at radius 1 is 1.18 bits per heavy atom. The lowest BCUT2D eigenvalue weighted by Gasteiger charge is -2.37. The maximum atomic E-state index is 12.6. The lowest BCUT2D eigenvalue weighted by atomic mass is 9.70. The summed E-state index contributed by atoms with van der Waals surface area (Å²) in [5.74, 6) is 2.52.